The summed E-state index contributed by atoms with van der Waals surface area (Å²) in [6, 6.07) is 13.2. The third-order valence-corrected chi connectivity index (χ3v) is 3.25. The Morgan fingerprint density at radius 2 is 1.92 bits per heavy atom. The molecule has 3 aromatic rings. The molecule has 0 aliphatic heterocycles. The van der Waals surface area contributed by atoms with E-state index >= 15 is 0 Å². The number of ether oxygens (including phenoxy) is 1. The maximum Gasteiger partial charge on any atom is 0.228 e. The first-order chi connectivity index (χ1) is 11.8. The molecule has 0 spiro atoms. The summed E-state index contributed by atoms with van der Waals surface area (Å²) < 4.78 is 5.58. The summed E-state index contributed by atoms with van der Waals surface area (Å²) in [6.45, 7) is 0.728. The maximum atomic E-state index is 11.9. The molecule has 0 fully saturated rings. The van der Waals surface area contributed by atoms with Gasteiger partial charge in [-0.2, -0.15) is 5.10 Å². The van der Waals surface area contributed by atoms with E-state index < -0.39 is 0 Å². The molecular weight excluding hydrogens is 306 g/mol. The first-order valence-corrected chi connectivity index (χ1v) is 7.53. The number of benzene rings is 1. The predicted octanol–water partition coefficient (Wildman–Crippen LogP) is 1.64. The minimum Gasteiger partial charge on any atom is -0.486 e. The van der Waals surface area contributed by atoms with Crippen LogP contribution in [0.2, 0.25) is 0 Å². The average Bonchev–Trinajstić information content (AvgIpc) is 3.07. The lowest BCUT2D eigenvalue weighted by Gasteiger charge is -2.03. The van der Waals surface area contributed by atoms with Crippen molar-refractivity contribution in [1.82, 2.24) is 25.5 Å². The molecule has 2 heterocycles. The second-order valence-corrected chi connectivity index (χ2v) is 5.11. The number of carbonyl (C=O) groups is 1. The van der Waals surface area contributed by atoms with E-state index in [2.05, 4.69) is 25.5 Å². The number of para-hydroxylation sites is 1. The van der Waals surface area contributed by atoms with Crippen LogP contribution < -0.4 is 10.1 Å². The molecule has 7 heteroatoms. The van der Waals surface area contributed by atoms with Crippen LogP contribution >= 0.6 is 0 Å². The average molecular weight is 323 g/mol. The minimum atomic E-state index is -0.138. The van der Waals surface area contributed by atoms with Gasteiger partial charge < -0.3 is 10.1 Å². The standard InChI is InChI=1S/C17H17N5O2/c23-17(19-11-13-6-8-18-9-7-13)10-15-20-16(22-21-15)12-24-14-4-2-1-3-5-14/h1-9H,10-12H2,(H,19,23)(H,20,21,22). The Morgan fingerprint density at radius 3 is 2.71 bits per heavy atom. The summed E-state index contributed by atoms with van der Waals surface area (Å²) >= 11 is 0. The van der Waals surface area contributed by atoms with Crippen molar-refractivity contribution in [2.45, 2.75) is 19.6 Å². The monoisotopic (exact) mass is 323 g/mol. The Morgan fingerprint density at radius 1 is 1.12 bits per heavy atom. The molecule has 1 amide bonds. The Hall–Kier alpha value is -3.22. The molecule has 3 rings (SSSR count). The zero-order valence-corrected chi connectivity index (χ0v) is 13.0. The van der Waals surface area contributed by atoms with E-state index in [0.29, 0.717) is 18.2 Å². The largest absolute Gasteiger partial charge is 0.486 e. The van der Waals surface area contributed by atoms with Gasteiger partial charge in [0.05, 0.1) is 6.42 Å². The molecule has 0 bridgehead atoms. The molecule has 122 valence electrons. The van der Waals surface area contributed by atoms with Crippen molar-refractivity contribution >= 4 is 5.91 Å². The van der Waals surface area contributed by atoms with Gasteiger partial charge in [-0.3, -0.25) is 14.9 Å². The number of hydrogen-bond acceptors (Lipinski definition) is 5. The second-order valence-electron chi connectivity index (χ2n) is 5.11. The fourth-order valence-corrected chi connectivity index (χ4v) is 2.05. The molecule has 0 atom stereocenters. The summed E-state index contributed by atoms with van der Waals surface area (Å²) in [4.78, 5) is 20.1. The van der Waals surface area contributed by atoms with E-state index in [1.54, 1.807) is 12.4 Å². The number of nitrogens with zero attached hydrogens (tertiary/aromatic N) is 3. The van der Waals surface area contributed by atoms with E-state index in [1.807, 2.05) is 42.5 Å². The lowest BCUT2D eigenvalue weighted by molar-refractivity contribution is -0.120. The predicted molar refractivity (Wildman–Crippen MR) is 86.9 cm³/mol. The van der Waals surface area contributed by atoms with Crippen molar-refractivity contribution in [1.29, 1.82) is 0 Å². The first kappa shape index (κ1) is 15.7. The van der Waals surface area contributed by atoms with Crippen LogP contribution in [0, 0.1) is 0 Å². The molecule has 2 aromatic heterocycles. The summed E-state index contributed by atoms with van der Waals surface area (Å²) in [6.07, 6.45) is 3.50. The number of carbonyl (C=O) groups excluding carboxylic acids is 1. The number of H-pyrrole nitrogens is 1. The topological polar surface area (TPSA) is 92.8 Å². The fraction of sp³-hybridized carbons (Fsp3) is 0.176. The van der Waals surface area contributed by atoms with Gasteiger partial charge in [-0.25, -0.2) is 4.98 Å². The van der Waals surface area contributed by atoms with Gasteiger partial charge in [-0.1, -0.05) is 18.2 Å². The van der Waals surface area contributed by atoms with Crippen LogP contribution in [-0.4, -0.2) is 26.1 Å². The molecule has 7 nitrogen and oxygen atoms in total. The van der Waals surface area contributed by atoms with Gasteiger partial charge in [0.2, 0.25) is 5.91 Å². The quantitative estimate of drug-likeness (QED) is 0.689. The maximum absolute atomic E-state index is 11.9. The molecule has 0 saturated carbocycles. The third-order valence-electron chi connectivity index (χ3n) is 3.25. The van der Waals surface area contributed by atoms with Crippen molar-refractivity contribution in [2.75, 3.05) is 0 Å². The van der Waals surface area contributed by atoms with Gasteiger partial charge in [0.15, 0.2) is 11.6 Å². The van der Waals surface area contributed by atoms with Crippen LogP contribution in [0.3, 0.4) is 0 Å². The summed E-state index contributed by atoms with van der Waals surface area (Å²) in [5, 5.41) is 9.64. The lowest BCUT2D eigenvalue weighted by atomic mass is 10.2. The first-order valence-electron chi connectivity index (χ1n) is 7.53. The summed E-state index contributed by atoms with van der Waals surface area (Å²) in [5.74, 6) is 1.64. The molecule has 0 aliphatic carbocycles. The smallest absolute Gasteiger partial charge is 0.228 e. The fourth-order valence-electron chi connectivity index (χ4n) is 2.05. The normalized spacial score (nSPS) is 10.3. The van der Waals surface area contributed by atoms with Crippen LogP contribution in [0.15, 0.2) is 54.9 Å². The zero-order chi connectivity index (χ0) is 16.6. The molecular formula is C17H17N5O2. The second kappa shape index (κ2) is 7.87. The number of hydrogen-bond donors (Lipinski definition) is 2. The van der Waals surface area contributed by atoms with Gasteiger partial charge >= 0.3 is 0 Å². The molecule has 2 N–H and O–H groups in total. The van der Waals surface area contributed by atoms with Crippen LogP contribution in [0.4, 0.5) is 0 Å². The van der Waals surface area contributed by atoms with Gasteiger partial charge in [0.25, 0.3) is 0 Å². The molecule has 24 heavy (non-hydrogen) atoms. The SMILES string of the molecule is O=C(Cc1n[nH]c(COc2ccccc2)n1)NCc1ccncc1. The van der Waals surface area contributed by atoms with Crippen LogP contribution in [0.25, 0.3) is 0 Å². The Balaban J connectivity index is 1.46. The number of pyridine rings is 1. The van der Waals surface area contributed by atoms with Crippen molar-refractivity contribution in [3.05, 3.63) is 72.1 Å². The zero-order valence-electron chi connectivity index (χ0n) is 13.0. The number of aromatic amines is 1. The van der Waals surface area contributed by atoms with Crippen LogP contribution in [0.1, 0.15) is 17.2 Å². The van der Waals surface area contributed by atoms with E-state index in [0.717, 1.165) is 11.3 Å². The van der Waals surface area contributed by atoms with Crippen LogP contribution in [0.5, 0.6) is 5.75 Å². The van der Waals surface area contributed by atoms with E-state index in [1.165, 1.54) is 0 Å². The Bertz CT molecular complexity index is 774. The van der Waals surface area contributed by atoms with E-state index in [-0.39, 0.29) is 18.9 Å². The molecule has 0 radical (unpaired) electrons. The number of rotatable bonds is 7. The highest BCUT2D eigenvalue weighted by Crippen LogP contribution is 2.10. The van der Waals surface area contributed by atoms with Crippen molar-refractivity contribution in [3.8, 4) is 5.75 Å². The highest BCUT2D eigenvalue weighted by molar-refractivity contribution is 5.77. The molecule has 1 aromatic carbocycles. The van der Waals surface area contributed by atoms with Gasteiger partial charge in [0, 0.05) is 18.9 Å². The Kier molecular flexibility index (Phi) is 5.14. The highest BCUT2D eigenvalue weighted by atomic mass is 16.5. The number of amides is 1. The summed E-state index contributed by atoms with van der Waals surface area (Å²) in [5.41, 5.74) is 0.991. The van der Waals surface area contributed by atoms with Crippen molar-refractivity contribution in [2.24, 2.45) is 0 Å². The van der Waals surface area contributed by atoms with E-state index in [9.17, 15) is 4.79 Å². The van der Waals surface area contributed by atoms with E-state index in [4.69, 9.17) is 4.74 Å². The van der Waals surface area contributed by atoms with Gasteiger partial charge in [-0.05, 0) is 29.8 Å². The van der Waals surface area contributed by atoms with Crippen molar-refractivity contribution < 1.29 is 9.53 Å². The van der Waals surface area contributed by atoms with Crippen molar-refractivity contribution in [3.63, 3.8) is 0 Å². The molecule has 0 saturated heterocycles. The number of aromatic nitrogens is 4. The highest BCUT2D eigenvalue weighted by Gasteiger charge is 2.09. The summed E-state index contributed by atoms with van der Waals surface area (Å²) in [7, 11) is 0. The molecule has 0 unspecified atom stereocenters. The lowest BCUT2D eigenvalue weighted by Crippen LogP contribution is -2.25. The third kappa shape index (κ3) is 4.64. The van der Waals surface area contributed by atoms with Gasteiger partial charge in [-0.15, -0.1) is 0 Å². The minimum absolute atomic E-state index is 0.118. The van der Waals surface area contributed by atoms with Gasteiger partial charge in [0.1, 0.15) is 12.4 Å². The Labute approximate surface area is 139 Å². The van der Waals surface area contributed by atoms with Crippen LogP contribution in [-0.2, 0) is 24.4 Å². The molecule has 0 aliphatic rings. The number of nitrogens with one attached hydrogen (secondary N) is 2.